The molecule has 4 heteroatoms. The summed E-state index contributed by atoms with van der Waals surface area (Å²) < 4.78 is 6.37. The van der Waals surface area contributed by atoms with E-state index < -0.39 is 0 Å². The van der Waals surface area contributed by atoms with Gasteiger partial charge in [-0.2, -0.15) is 0 Å². The molecule has 13 heavy (non-hydrogen) atoms. The molecule has 0 saturated heterocycles. The van der Waals surface area contributed by atoms with Crippen LogP contribution < -0.4 is 0 Å². The monoisotopic (exact) mass is 262 g/mol. The third-order valence-electron chi connectivity index (χ3n) is 2.14. The topological polar surface area (TPSA) is 29.5 Å². The van der Waals surface area contributed by atoms with Crippen molar-refractivity contribution in [3.05, 3.63) is 32.8 Å². The highest BCUT2D eigenvalue weighted by Crippen LogP contribution is 2.38. The van der Waals surface area contributed by atoms with Gasteiger partial charge in [0, 0.05) is 15.1 Å². The summed E-state index contributed by atoms with van der Waals surface area (Å²) in [6.45, 7) is 0.468. The molecular weight excluding hydrogens is 255 g/mol. The highest BCUT2D eigenvalue weighted by molar-refractivity contribution is 9.11. The van der Waals surface area contributed by atoms with Gasteiger partial charge in [0.1, 0.15) is 6.10 Å². The second-order valence-corrected chi connectivity index (χ2v) is 4.26. The van der Waals surface area contributed by atoms with Crippen molar-refractivity contribution in [2.75, 3.05) is 13.2 Å². The number of hydrogen-bond acceptors (Lipinski definition) is 2. The van der Waals surface area contributed by atoms with E-state index in [1.165, 1.54) is 0 Å². The maximum atomic E-state index is 9.06. The summed E-state index contributed by atoms with van der Waals surface area (Å²) in [6.07, 6.45) is 3.48. The maximum absolute atomic E-state index is 9.06. The summed E-state index contributed by atoms with van der Waals surface area (Å²) in [5.41, 5.74) is 1.94. The quantitative estimate of drug-likeness (QED) is 0.785. The average Bonchev–Trinajstić information content (AvgIpc) is 2.51. The molecule has 1 aliphatic carbocycles. The molecule has 0 bridgehead atoms. The summed E-state index contributed by atoms with van der Waals surface area (Å²) in [6, 6.07) is 0. The Kier molecular flexibility index (Phi) is 2.60. The molecule has 1 N–H and O–H groups in total. The lowest BCUT2D eigenvalue weighted by atomic mass is 10.0. The second kappa shape index (κ2) is 3.58. The van der Waals surface area contributed by atoms with Crippen molar-refractivity contribution in [1.29, 1.82) is 0 Å². The van der Waals surface area contributed by atoms with E-state index in [-0.39, 0.29) is 12.7 Å². The lowest BCUT2D eigenvalue weighted by molar-refractivity contribution is 0.0474. The zero-order valence-corrected chi connectivity index (χ0v) is 9.10. The molecule has 2 nitrogen and oxygen atoms in total. The molecule has 0 radical (unpaired) electrons. The number of hydrogen-bond donors (Lipinski definition) is 1. The number of halogens is 2. The summed E-state index contributed by atoms with van der Waals surface area (Å²) in [4.78, 5) is 0. The van der Waals surface area contributed by atoms with Crippen molar-refractivity contribution in [2.24, 2.45) is 0 Å². The molecular formula is C9H8BrClO2. The molecule has 1 heterocycles. The Labute approximate surface area is 89.7 Å². The van der Waals surface area contributed by atoms with Gasteiger partial charge in [0.05, 0.1) is 13.2 Å². The van der Waals surface area contributed by atoms with Crippen molar-refractivity contribution in [1.82, 2.24) is 0 Å². The number of ether oxygens (including phenoxy) is 1. The van der Waals surface area contributed by atoms with Crippen LogP contribution >= 0.6 is 27.5 Å². The number of aliphatic hydroxyl groups is 1. The fraction of sp³-hybridized carbons (Fsp3) is 0.333. The molecule has 0 fully saturated rings. The first-order chi connectivity index (χ1) is 6.24. The fourth-order valence-electron chi connectivity index (χ4n) is 1.51. The van der Waals surface area contributed by atoms with Crippen molar-refractivity contribution in [3.8, 4) is 0 Å². The van der Waals surface area contributed by atoms with E-state index in [9.17, 15) is 0 Å². The van der Waals surface area contributed by atoms with Gasteiger partial charge < -0.3 is 9.84 Å². The van der Waals surface area contributed by atoms with Crippen LogP contribution in [0.15, 0.2) is 32.8 Å². The Morgan fingerprint density at radius 3 is 3.08 bits per heavy atom. The first-order valence-electron chi connectivity index (χ1n) is 3.93. The summed E-state index contributed by atoms with van der Waals surface area (Å²) in [7, 11) is 0. The minimum atomic E-state index is -0.279. The average molecular weight is 264 g/mol. The number of allylic oxidation sites excluding steroid dienone is 3. The van der Waals surface area contributed by atoms with Crippen LogP contribution in [-0.4, -0.2) is 24.4 Å². The standard InChI is InChI=1S/C9H8BrClO2/c10-6-4-13-8(3-12)9-5(6)1-2-7(9)11/h1-2,8,12H,3-4H2. The Morgan fingerprint density at radius 1 is 1.62 bits per heavy atom. The van der Waals surface area contributed by atoms with Gasteiger partial charge in [0.25, 0.3) is 0 Å². The number of fused-ring (bicyclic) bond motifs is 1. The van der Waals surface area contributed by atoms with E-state index >= 15 is 0 Å². The van der Waals surface area contributed by atoms with Crippen molar-refractivity contribution in [2.45, 2.75) is 6.10 Å². The Morgan fingerprint density at radius 2 is 2.38 bits per heavy atom. The summed E-state index contributed by atoms with van der Waals surface area (Å²) in [5, 5.41) is 9.72. The Hall–Kier alpha value is -0.0900. The lowest BCUT2D eigenvalue weighted by Crippen LogP contribution is -2.26. The first kappa shape index (κ1) is 9.46. The fourth-order valence-corrected chi connectivity index (χ4v) is 2.27. The molecule has 0 aromatic rings. The number of aliphatic hydroxyl groups excluding tert-OH is 1. The van der Waals surface area contributed by atoms with Gasteiger partial charge in [0.2, 0.25) is 0 Å². The van der Waals surface area contributed by atoms with E-state index in [1.54, 1.807) is 0 Å². The molecule has 1 unspecified atom stereocenters. The molecule has 0 amide bonds. The zero-order chi connectivity index (χ0) is 9.42. The minimum Gasteiger partial charge on any atom is -0.393 e. The third-order valence-corrected chi connectivity index (χ3v) is 3.12. The smallest absolute Gasteiger partial charge is 0.108 e. The molecule has 1 atom stereocenters. The third kappa shape index (κ3) is 1.50. The predicted molar refractivity (Wildman–Crippen MR) is 54.8 cm³/mol. The number of rotatable bonds is 1. The van der Waals surface area contributed by atoms with Gasteiger partial charge >= 0.3 is 0 Å². The van der Waals surface area contributed by atoms with Crippen LogP contribution in [0.3, 0.4) is 0 Å². The van der Waals surface area contributed by atoms with Crippen molar-refractivity contribution in [3.63, 3.8) is 0 Å². The van der Waals surface area contributed by atoms with E-state index in [0.29, 0.717) is 11.6 Å². The van der Waals surface area contributed by atoms with Crippen molar-refractivity contribution >= 4 is 27.5 Å². The zero-order valence-electron chi connectivity index (χ0n) is 6.76. The Balaban J connectivity index is 2.46. The van der Waals surface area contributed by atoms with Crippen LogP contribution in [-0.2, 0) is 4.74 Å². The van der Waals surface area contributed by atoms with Crippen LogP contribution in [0, 0.1) is 0 Å². The lowest BCUT2D eigenvalue weighted by Gasteiger charge is -2.24. The van der Waals surface area contributed by atoms with Gasteiger partial charge in [-0.1, -0.05) is 33.6 Å². The summed E-state index contributed by atoms with van der Waals surface area (Å²) in [5.74, 6) is 0. The van der Waals surface area contributed by atoms with E-state index in [1.807, 2.05) is 12.2 Å². The molecule has 0 spiro atoms. The van der Waals surface area contributed by atoms with Crippen LogP contribution in [0.5, 0.6) is 0 Å². The van der Waals surface area contributed by atoms with Crippen LogP contribution in [0.25, 0.3) is 0 Å². The first-order valence-corrected chi connectivity index (χ1v) is 5.10. The minimum absolute atomic E-state index is 0.0307. The predicted octanol–water partition coefficient (Wildman–Crippen LogP) is 2.09. The van der Waals surface area contributed by atoms with Crippen LogP contribution in [0.2, 0.25) is 0 Å². The molecule has 0 aromatic carbocycles. The highest BCUT2D eigenvalue weighted by Gasteiger charge is 2.28. The highest BCUT2D eigenvalue weighted by atomic mass is 79.9. The normalized spacial score (nSPS) is 27.2. The molecule has 1 aliphatic heterocycles. The Bertz CT molecular complexity index is 331. The van der Waals surface area contributed by atoms with Crippen molar-refractivity contribution < 1.29 is 9.84 Å². The van der Waals surface area contributed by atoms with Crippen LogP contribution in [0.4, 0.5) is 0 Å². The summed E-state index contributed by atoms with van der Waals surface area (Å²) >= 11 is 9.38. The van der Waals surface area contributed by atoms with Gasteiger partial charge in [-0.3, -0.25) is 0 Å². The second-order valence-electron chi connectivity index (χ2n) is 2.90. The SMILES string of the molecule is OCC1OCC(Br)=C2C=CC(Cl)=C21. The van der Waals surface area contributed by atoms with Crippen LogP contribution in [0.1, 0.15) is 0 Å². The molecule has 0 saturated carbocycles. The van der Waals surface area contributed by atoms with E-state index in [0.717, 1.165) is 15.6 Å². The maximum Gasteiger partial charge on any atom is 0.108 e. The largest absolute Gasteiger partial charge is 0.393 e. The molecule has 2 aliphatic rings. The van der Waals surface area contributed by atoms with Gasteiger partial charge in [-0.15, -0.1) is 0 Å². The molecule has 2 rings (SSSR count). The van der Waals surface area contributed by atoms with Gasteiger partial charge in [0.15, 0.2) is 0 Å². The van der Waals surface area contributed by atoms with Gasteiger partial charge in [-0.05, 0) is 11.6 Å². The van der Waals surface area contributed by atoms with E-state index in [4.69, 9.17) is 21.4 Å². The molecule has 70 valence electrons. The van der Waals surface area contributed by atoms with E-state index in [2.05, 4.69) is 15.9 Å². The molecule has 0 aromatic heterocycles. The van der Waals surface area contributed by atoms with Gasteiger partial charge in [-0.25, -0.2) is 0 Å².